The maximum absolute atomic E-state index is 10.1. The number of halogens is 1. The second-order valence-corrected chi connectivity index (χ2v) is 5.65. The topological polar surface area (TPSA) is 47.3 Å². The van der Waals surface area contributed by atoms with Crippen LogP contribution in [-0.4, -0.2) is 23.8 Å². The first kappa shape index (κ1) is 12.4. The number of benzene rings is 1. The lowest BCUT2D eigenvalue weighted by molar-refractivity contribution is 0.0449. The highest BCUT2D eigenvalue weighted by molar-refractivity contribution is 9.10. The van der Waals surface area contributed by atoms with Gasteiger partial charge in [0, 0.05) is 17.6 Å². The highest BCUT2D eigenvalue weighted by Gasteiger charge is 2.29. The minimum Gasteiger partial charge on any atom is -0.388 e. The molecule has 0 aromatic heterocycles. The van der Waals surface area contributed by atoms with E-state index in [1.807, 2.05) is 25.1 Å². The highest BCUT2D eigenvalue weighted by Crippen LogP contribution is 2.31. The summed E-state index contributed by atoms with van der Waals surface area (Å²) in [6, 6.07) is 7.68. The van der Waals surface area contributed by atoms with Crippen molar-refractivity contribution in [3.8, 4) is 6.07 Å². The Morgan fingerprint density at radius 2 is 2.29 bits per heavy atom. The van der Waals surface area contributed by atoms with Gasteiger partial charge < -0.3 is 10.0 Å². The summed E-state index contributed by atoms with van der Waals surface area (Å²) in [5, 5.41) is 18.9. The van der Waals surface area contributed by atoms with Gasteiger partial charge in [-0.25, -0.2) is 0 Å². The molecule has 0 bridgehead atoms. The molecular formula is C13H15BrN2O. The fourth-order valence-electron chi connectivity index (χ4n) is 2.26. The molecule has 1 aliphatic rings. The number of anilines is 1. The number of aliphatic hydroxyl groups is 1. The molecule has 1 unspecified atom stereocenters. The second-order valence-electron chi connectivity index (χ2n) is 4.80. The number of piperidine rings is 1. The molecule has 90 valence electrons. The molecule has 1 saturated heterocycles. The van der Waals surface area contributed by atoms with Gasteiger partial charge in [-0.2, -0.15) is 5.26 Å². The Morgan fingerprint density at radius 1 is 1.53 bits per heavy atom. The summed E-state index contributed by atoms with van der Waals surface area (Å²) in [6.07, 6.45) is 1.83. The fraction of sp³-hybridized carbons (Fsp3) is 0.462. The van der Waals surface area contributed by atoms with Crippen LogP contribution in [0.15, 0.2) is 22.7 Å². The van der Waals surface area contributed by atoms with E-state index in [0.29, 0.717) is 12.1 Å². The number of hydrogen-bond donors (Lipinski definition) is 1. The number of β-amino-alcohol motifs (C(OH)–C–C–N with tert-alkyl or cyclic N) is 1. The highest BCUT2D eigenvalue weighted by atomic mass is 79.9. The van der Waals surface area contributed by atoms with Crippen molar-refractivity contribution in [2.45, 2.75) is 25.4 Å². The maximum Gasteiger partial charge on any atom is 0.0992 e. The van der Waals surface area contributed by atoms with Gasteiger partial charge in [0.05, 0.1) is 22.9 Å². The van der Waals surface area contributed by atoms with Crippen LogP contribution in [0.25, 0.3) is 0 Å². The summed E-state index contributed by atoms with van der Waals surface area (Å²) in [6.45, 7) is 3.45. The predicted molar refractivity (Wildman–Crippen MR) is 70.9 cm³/mol. The Bertz CT molecular complexity index is 465. The first-order chi connectivity index (χ1) is 8.02. The van der Waals surface area contributed by atoms with E-state index in [9.17, 15) is 5.11 Å². The smallest absolute Gasteiger partial charge is 0.0992 e. The SMILES string of the molecule is CC1(O)CCCN(c2ccc(C#N)cc2Br)C1. The quantitative estimate of drug-likeness (QED) is 0.866. The van der Waals surface area contributed by atoms with Crippen LogP contribution < -0.4 is 4.90 Å². The van der Waals surface area contributed by atoms with Gasteiger partial charge in [-0.3, -0.25) is 0 Å². The third-order valence-electron chi connectivity index (χ3n) is 3.09. The molecule has 1 atom stereocenters. The predicted octanol–water partition coefficient (Wildman–Crippen LogP) is 2.67. The van der Waals surface area contributed by atoms with E-state index in [1.165, 1.54) is 0 Å². The average molecular weight is 295 g/mol. The molecule has 17 heavy (non-hydrogen) atoms. The van der Waals surface area contributed by atoms with Crippen LogP contribution in [0.4, 0.5) is 5.69 Å². The van der Waals surface area contributed by atoms with Gasteiger partial charge in [0.25, 0.3) is 0 Å². The fourth-order valence-corrected chi connectivity index (χ4v) is 2.89. The molecule has 0 saturated carbocycles. The molecule has 4 heteroatoms. The van der Waals surface area contributed by atoms with E-state index in [4.69, 9.17) is 5.26 Å². The zero-order valence-corrected chi connectivity index (χ0v) is 11.4. The molecule has 1 aromatic rings. The first-order valence-corrected chi connectivity index (χ1v) is 6.48. The summed E-state index contributed by atoms with van der Waals surface area (Å²) < 4.78 is 0.911. The number of hydrogen-bond acceptors (Lipinski definition) is 3. The Morgan fingerprint density at radius 3 is 2.88 bits per heavy atom. The Labute approximate surface area is 110 Å². The van der Waals surface area contributed by atoms with Crippen LogP contribution in [0.5, 0.6) is 0 Å². The molecule has 1 aliphatic heterocycles. The van der Waals surface area contributed by atoms with E-state index >= 15 is 0 Å². The lowest BCUT2D eigenvalue weighted by Gasteiger charge is -2.38. The van der Waals surface area contributed by atoms with E-state index in [1.54, 1.807) is 0 Å². The van der Waals surface area contributed by atoms with E-state index in [-0.39, 0.29) is 0 Å². The Hall–Kier alpha value is -1.05. The number of nitrogens with zero attached hydrogens (tertiary/aromatic N) is 2. The standard InChI is InChI=1S/C13H15BrN2O/c1-13(17)5-2-6-16(9-13)12-4-3-10(8-15)7-11(12)14/h3-4,7,17H,2,5-6,9H2,1H3. The molecule has 3 nitrogen and oxygen atoms in total. The molecule has 1 N–H and O–H groups in total. The Balaban J connectivity index is 2.26. The van der Waals surface area contributed by atoms with E-state index in [0.717, 1.165) is 29.5 Å². The molecule has 0 amide bonds. The van der Waals surface area contributed by atoms with Gasteiger partial charge in [0.15, 0.2) is 0 Å². The molecule has 1 fully saturated rings. The van der Waals surface area contributed by atoms with Crippen molar-refractivity contribution in [3.63, 3.8) is 0 Å². The van der Waals surface area contributed by atoms with Crippen molar-refractivity contribution in [2.75, 3.05) is 18.0 Å². The molecule has 1 heterocycles. The van der Waals surface area contributed by atoms with Gasteiger partial charge in [-0.15, -0.1) is 0 Å². The first-order valence-electron chi connectivity index (χ1n) is 5.69. The minimum atomic E-state index is -0.619. The largest absolute Gasteiger partial charge is 0.388 e. The molecule has 1 aromatic carbocycles. The van der Waals surface area contributed by atoms with Crippen LogP contribution >= 0.6 is 15.9 Å². The van der Waals surface area contributed by atoms with Crippen LogP contribution in [0.1, 0.15) is 25.3 Å². The summed E-state index contributed by atoms with van der Waals surface area (Å²) >= 11 is 3.49. The lowest BCUT2D eigenvalue weighted by atomic mass is 9.95. The maximum atomic E-state index is 10.1. The van der Waals surface area contributed by atoms with Crippen molar-refractivity contribution in [1.29, 1.82) is 5.26 Å². The summed E-state index contributed by atoms with van der Waals surface area (Å²) in [5.41, 5.74) is 1.07. The van der Waals surface area contributed by atoms with Crippen molar-refractivity contribution in [2.24, 2.45) is 0 Å². The van der Waals surface area contributed by atoms with Gasteiger partial charge in [-0.1, -0.05) is 0 Å². The Kier molecular flexibility index (Phi) is 3.41. The minimum absolute atomic E-state index is 0.619. The van der Waals surface area contributed by atoms with Gasteiger partial charge in [0.2, 0.25) is 0 Å². The van der Waals surface area contributed by atoms with Crippen molar-refractivity contribution in [1.82, 2.24) is 0 Å². The molecule has 0 aliphatic carbocycles. The zero-order chi connectivity index (χ0) is 12.5. The van der Waals surface area contributed by atoms with Crippen LogP contribution in [-0.2, 0) is 0 Å². The van der Waals surface area contributed by atoms with Crippen LogP contribution in [0.2, 0.25) is 0 Å². The third-order valence-corrected chi connectivity index (χ3v) is 3.73. The lowest BCUT2D eigenvalue weighted by Crippen LogP contribution is -2.46. The summed E-state index contributed by atoms with van der Waals surface area (Å²) in [7, 11) is 0. The third kappa shape index (κ3) is 2.80. The van der Waals surface area contributed by atoms with Crippen molar-refractivity contribution >= 4 is 21.6 Å². The van der Waals surface area contributed by atoms with E-state index < -0.39 is 5.60 Å². The molecule has 0 spiro atoms. The molecule has 0 radical (unpaired) electrons. The normalized spacial score (nSPS) is 24.5. The van der Waals surface area contributed by atoms with Gasteiger partial charge in [-0.05, 0) is 53.9 Å². The second kappa shape index (κ2) is 4.67. The summed E-state index contributed by atoms with van der Waals surface area (Å²) in [4.78, 5) is 2.16. The van der Waals surface area contributed by atoms with Crippen molar-refractivity contribution in [3.05, 3.63) is 28.2 Å². The monoisotopic (exact) mass is 294 g/mol. The molecule has 2 rings (SSSR count). The van der Waals surface area contributed by atoms with Crippen LogP contribution in [0.3, 0.4) is 0 Å². The zero-order valence-electron chi connectivity index (χ0n) is 9.78. The number of nitriles is 1. The molecular weight excluding hydrogens is 280 g/mol. The van der Waals surface area contributed by atoms with Gasteiger partial charge in [0.1, 0.15) is 0 Å². The van der Waals surface area contributed by atoms with Gasteiger partial charge >= 0.3 is 0 Å². The van der Waals surface area contributed by atoms with Crippen molar-refractivity contribution < 1.29 is 5.11 Å². The van der Waals surface area contributed by atoms with Crippen LogP contribution in [0, 0.1) is 11.3 Å². The summed E-state index contributed by atoms with van der Waals surface area (Å²) in [5.74, 6) is 0. The van der Waals surface area contributed by atoms with E-state index in [2.05, 4.69) is 26.9 Å². The average Bonchev–Trinajstić information content (AvgIpc) is 2.27. The number of rotatable bonds is 1.